The minimum absolute atomic E-state index is 0.0149. The fourth-order valence-corrected chi connectivity index (χ4v) is 3.92. The molecule has 1 fully saturated rings. The fraction of sp³-hybridized carbons (Fsp3) is 0.550. The summed E-state index contributed by atoms with van der Waals surface area (Å²) in [6.45, 7) is 2.50. The highest BCUT2D eigenvalue weighted by Gasteiger charge is 2.18. The molecule has 130 valence electrons. The molecule has 2 aromatic rings. The number of hydrogen-bond donors (Lipinski definition) is 1. The summed E-state index contributed by atoms with van der Waals surface area (Å²) in [6, 6.07) is 8.25. The van der Waals surface area contributed by atoms with Crippen LogP contribution in [0, 0.1) is 5.92 Å². The van der Waals surface area contributed by atoms with Gasteiger partial charge in [-0.3, -0.25) is 0 Å². The van der Waals surface area contributed by atoms with Gasteiger partial charge in [-0.15, -0.1) is 0 Å². The summed E-state index contributed by atoms with van der Waals surface area (Å²) in [7, 11) is 2.02. The van der Waals surface area contributed by atoms with Crippen molar-refractivity contribution < 1.29 is 9.53 Å². The quantitative estimate of drug-likeness (QED) is 0.859. The predicted octanol–water partition coefficient (Wildman–Crippen LogP) is 4.76. The van der Waals surface area contributed by atoms with E-state index in [2.05, 4.69) is 22.0 Å². The molecule has 1 heterocycles. The average Bonchev–Trinajstić information content (AvgIpc) is 2.96. The number of rotatable bonds is 5. The minimum atomic E-state index is -0.315. The van der Waals surface area contributed by atoms with Crippen LogP contribution in [0.4, 0.5) is 4.79 Å². The number of nitrogens with zero attached hydrogens (tertiary/aromatic N) is 1. The number of carbonyl (C=O) groups is 1. The minimum Gasteiger partial charge on any atom is -0.447 e. The molecule has 0 aliphatic heterocycles. The number of aromatic nitrogens is 1. The number of para-hydroxylation sites is 1. The van der Waals surface area contributed by atoms with Crippen molar-refractivity contribution in [2.75, 3.05) is 0 Å². The first-order valence-corrected chi connectivity index (χ1v) is 9.11. The zero-order chi connectivity index (χ0) is 16.9. The van der Waals surface area contributed by atoms with E-state index in [1.165, 1.54) is 37.5 Å². The lowest BCUT2D eigenvalue weighted by atomic mass is 9.86. The van der Waals surface area contributed by atoms with Crippen LogP contribution in [-0.4, -0.2) is 16.8 Å². The van der Waals surface area contributed by atoms with Gasteiger partial charge in [-0.25, -0.2) is 4.79 Å². The first-order valence-electron chi connectivity index (χ1n) is 9.11. The molecule has 4 nitrogen and oxygen atoms in total. The van der Waals surface area contributed by atoms with E-state index in [-0.39, 0.29) is 12.2 Å². The monoisotopic (exact) mass is 328 g/mol. The number of benzene rings is 1. The second kappa shape index (κ2) is 7.73. The number of aryl methyl sites for hydroxylation is 1. The number of fused-ring (bicyclic) bond motifs is 1. The molecule has 1 aromatic heterocycles. The molecule has 1 aliphatic carbocycles. The number of nitrogens with one attached hydrogen (secondary N) is 1. The van der Waals surface area contributed by atoms with Crippen LogP contribution in [-0.2, 0) is 18.3 Å². The van der Waals surface area contributed by atoms with Gasteiger partial charge in [0, 0.05) is 19.8 Å². The molecule has 1 amide bonds. The maximum absolute atomic E-state index is 12.1. The molecule has 1 saturated carbocycles. The van der Waals surface area contributed by atoms with Gasteiger partial charge in [0.05, 0.1) is 5.52 Å². The van der Waals surface area contributed by atoms with Crippen molar-refractivity contribution >= 4 is 17.0 Å². The Bertz CT molecular complexity index is 686. The topological polar surface area (TPSA) is 43.3 Å². The van der Waals surface area contributed by atoms with E-state index in [1.54, 1.807) is 0 Å². The average molecular weight is 328 g/mol. The Hall–Kier alpha value is -1.97. The van der Waals surface area contributed by atoms with Crippen LogP contribution in [0.25, 0.3) is 10.9 Å². The molecule has 1 aliphatic rings. The molecular weight excluding hydrogens is 300 g/mol. The third kappa shape index (κ3) is 4.11. The lowest BCUT2D eigenvalue weighted by Gasteiger charge is -2.24. The zero-order valence-corrected chi connectivity index (χ0v) is 14.8. The molecular formula is C20H28N2O2. The summed E-state index contributed by atoms with van der Waals surface area (Å²) in [6.07, 6.45) is 9.27. The van der Waals surface area contributed by atoms with Gasteiger partial charge in [-0.2, -0.15) is 0 Å². The first-order chi connectivity index (χ1) is 11.6. The molecule has 0 bridgehead atoms. The van der Waals surface area contributed by atoms with Crippen molar-refractivity contribution in [1.29, 1.82) is 0 Å². The lowest BCUT2D eigenvalue weighted by Crippen LogP contribution is -2.29. The van der Waals surface area contributed by atoms with Gasteiger partial charge in [-0.1, -0.05) is 50.3 Å². The van der Waals surface area contributed by atoms with Gasteiger partial charge >= 0.3 is 6.09 Å². The van der Waals surface area contributed by atoms with Crippen LogP contribution < -0.4 is 5.32 Å². The van der Waals surface area contributed by atoms with Crippen molar-refractivity contribution in [3.8, 4) is 0 Å². The number of ether oxygens (including phenoxy) is 1. The molecule has 0 saturated heterocycles. The van der Waals surface area contributed by atoms with Crippen LogP contribution >= 0.6 is 0 Å². The Morgan fingerprint density at radius 1 is 1.29 bits per heavy atom. The molecule has 24 heavy (non-hydrogen) atoms. The molecule has 3 rings (SSSR count). The summed E-state index contributed by atoms with van der Waals surface area (Å²) >= 11 is 0. The maximum atomic E-state index is 12.1. The van der Waals surface area contributed by atoms with Gasteiger partial charge in [0.25, 0.3) is 0 Å². The van der Waals surface area contributed by atoms with Gasteiger partial charge < -0.3 is 14.6 Å². The van der Waals surface area contributed by atoms with E-state index in [9.17, 15) is 4.79 Å². The van der Waals surface area contributed by atoms with Gasteiger partial charge in [0.2, 0.25) is 0 Å². The second-order valence-electron chi connectivity index (χ2n) is 7.09. The smallest absolute Gasteiger partial charge is 0.407 e. The molecule has 1 unspecified atom stereocenters. The Balaban J connectivity index is 1.50. The van der Waals surface area contributed by atoms with E-state index >= 15 is 0 Å². The van der Waals surface area contributed by atoms with Crippen LogP contribution in [0.15, 0.2) is 30.5 Å². The highest BCUT2D eigenvalue weighted by molar-refractivity contribution is 5.83. The van der Waals surface area contributed by atoms with Crippen molar-refractivity contribution in [1.82, 2.24) is 9.88 Å². The Kier molecular flexibility index (Phi) is 5.44. The molecule has 1 atom stereocenters. The summed E-state index contributed by atoms with van der Waals surface area (Å²) in [5, 5.41) is 4.09. The normalized spacial score (nSPS) is 16.9. The van der Waals surface area contributed by atoms with Gasteiger partial charge in [0.1, 0.15) is 6.10 Å². The number of amides is 1. The molecule has 1 aromatic carbocycles. The second-order valence-corrected chi connectivity index (χ2v) is 7.09. The van der Waals surface area contributed by atoms with E-state index in [0.717, 1.165) is 23.4 Å². The molecule has 0 radical (unpaired) electrons. The molecule has 1 N–H and O–H groups in total. The van der Waals surface area contributed by atoms with Crippen molar-refractivity contribution in [2.45, 2.75) is 58.1 Å². The standard InChI is InChI=1S/C20H28N2O2/c1-15(13-16-7-4-3-5-8-16)24-20(23)21-14-18-10-6-9-17-11-12-22(2)19(17)18/h6,9-12,15-16H,3-5,7-8,13-14H2,1-2H3,(H,21,23). The largest absolute Gasteiger partial charge is 0.447 e. The highest BCUT2D eigenvalue weighted by atomic mass is 16.6. The van der Waals surface area contributed by atoms with Gasteiger partial charge in [-0.05, 0) is 36.3 Å². The molecule has 0 spiro atoms. The Morgan fingerprint density at radius 3 is 2.88 bits per heavy atom. The SMILES string of the molecule is CC(CC1CCCCC1)OC(=O)NCc1cccc2ccn(C)c12. The van der Waals surface area contributed by atoms with Crippen LogP contribution in [0.3, 0.4) is 0 Å². The van der Waals surface area contributed by atoms with E-state index < -0.39 is 0 Å². The van der Waals surface area contributed by atoms with Crippen LogP contribution in [0.2, 0.25) is 0 Å². The number of hydrogen-bond acceptors (Lipinski definition) is 2. The number of alkyl carbamates (subject to hydrolysis) is 1. The first kappa shape index (κ1) is 16.9. The van der Waals surface area contributed by atoms with Crippen molar-refractivity contribution in [2.24, 2.45) is 13.0 Å². The van der Waals surface area contributed by atoms with Gasteiger partial charge in [0.15, 0.2) is 0 Å². The van der Waals surface area contributed by atoms with E-state index in [0.29, 0.717) is 6.54 Å². The Morgan fingerprint density at radius 2 is 2.08 bits per heavy atom. The third-order valence-electron chi connectivity index (χ3n) is 5.10. The third-order valence-corrected chi connectivity index (χ3v) is 5.10. The summed E-state index contributed by atoms with van der Waals surface area (Å²) in [5.74, 6) is 0.721. The van der Waals surface area contributed by atoms with E-state index in [4.69, 9.17) is 4.74 Å². The Labute approximate surface area is 144 Å². The number of carbonyl (C=O) groups excluding carboxylic acids is 1. The zero-order valence-electron chi connectivity index (χ0n) is 14.8. The lowest BCUT2D eigenvalue weighted by molar-refractivity contribution is 0.0871. The van der Waals surface area contributed by atoms with E-state index in [1.807, 2.05) is 32.3 Å². The fourth-order valence-electron chi connectivity index (χ4n) is 3.92. The van der Waals surface area contributed by atoms with Crippen molar-refractivity contribution in [3.63, 3.8) is 0 Å². The van der Waals surface area contributed by atoms with Crippen LogP contribution in [0.1, 0.15) is 51.0 Å². The summed E-state index contributed by atoms with van der Waals surface area (Å²) in [5.41, 5.74) is 2.27. The molecule has 4 heteroatoms. The predicted molar refractivity (Wildman–Crippen MR) is 96.9 cm³/mol. The highest BCUT2D eigenvalue weighted by Crippen LogP contribution is 2.28. The van der Waals surface area contributed by atoms with Crippen molar-refractivity contribution in [3.05, 3.63) is 36.0 Å². The summed E-state index contributed by atoms with van der Waals surface area (Å²) < 4.78 is 7.63. The maximum Gasteiger partial charge on any atom is 0.407 e. The van der Waals surface area contributed by atoms with Crippen LogP contribution in [0.5, 0.6) is 0 Å². The summed E-state index contributed by atoms with van der Waals surface area (Å²) in [4.78, 5) is 12.1.